The molecular formula is C27H56N4O6. The molecule has 2 saturated heterocycles. The molecule has 0 aromatic carbocycles. The van der Waals surface area contributed by atoms with Gasteiger partial charge in [-0.1, -0.05) is 27.4 Å². The maximum absolute atomic E-state index is 10.7. The van der Waals surface area contributed by atoms with Gasteiger partial charge in [0.15, 0.2) is 0 Å². The Kier molecular flexibility index (Phi) is 29.9. The first kappa shape index (κ1) is 41.7. The lowest BCUT2D eigenvalue weighted by molar-refractivity contribution is -0.133. The Labute approximate surface area is 226 Å². The number of nitrogens with zero attached hydrogens (tertiary/aromatic N) is 3. The number of hydrogen-bond acceptors (Lipinski definition) is 6. The number of likely N-dealkylation sites (tertiary alicyclic amines) is 1. The Hall–Kier alpha value is -2.46. The first-order chi connectivity index (χ1) is 16.5. The molecule has 4 amide bonds. The summed E-state index contributed by atoms with van der Waals surface area (Å²) < 4.78 is 5.06. The van der Waals surface area contributed by atoms with Crippen LogP contribution < -0.4 is 5.32 Å². The van der Waals surface area contributed by atoms with Gasteiger partial charge >= 0.3 is 0 Å². The van der Waals surface area contributed by atoms with Crippen LogP contribution in [0, 0.1) is 0 Å². The second-order valence-electron chi connectivity index (χ2n) is 8.46. The summed E-state index contributed by atoms with van der Waals surface area (Å²) in [6, 6.07) is 0. The molecule has 37 heavy (non-hydrogen) atoms. The summed E-state index contributed by atoms with van der Waals surface area (Å²) in [4.78, 5) is 47.4. The van der Waals surface area contributed by atoms with E-state index in [4.69, 9.17) is 9.84 Å². The van der Waals surface area contributed by atoms with Gasteiger partial charge in [-0.25, -0.2) is 0 Å². The number of aliphatic hydroxyl groups excluding tert-OH is 1. The normalized spacial score (nSPS) is 13.5. The van der Waals surface area contributed by atoms with Gasteiger partial charge in [-0.05, 0) is 26.2 Å². The number of rotatable bonds is 7. The third-order valence-electron chi connectivity index (χ3n) is 5.00. The highest BCUT2D eigenvalue weighted by molar-refractivity contribution is 5.77. The molecule has 0 aliphatic carbocycles. The molecule has 0 aromatic heterocycles. The largest absolute Gasteiger partial charge is 0.395 e. The summed E-state index contributed by atoms with van der Waals surface area (Å²) in [6.07, 6.45) is 3.63. The van der Waals surface area contributed by atoms with Crippen LogP contribution in [0.25, 0.3) is 0 Å². The van der Waals surface area contributed by atoms with Crippen LogP contribution in [0.5, 0.6) is 0 Å². The zero-order valence-corrected chi connectivity index (χ0v) is 22.7. The highest BCUT2D eigenvalue weighted by atomic mass is 16.5. The van der Waals surface area contributed by atoms with Gasteiger partial charge < -0.3 is 29.9 Å². The molecule has 10 nitrogen and oxygen atoms in total. The number of ether oxygens (including phenoxy) is 1. The van der Waals surface area contributed by atoms with E-state index in [9.17, 15) is 19.2 Å². The second kappa shape index (κ2) is 26.6. The van der Waals surface area contributed by atoms with Crippen LogP contribution in [-0.2, 0) is 23.9 Å². The minimum atomic E-state index is 0. The van der Waals surface area contributed by atoms with Crippen molar-refractivity contribution in [2.24, 2.45) is 0 Å². The maximum Gasteiger partial charge on any atom is 0.222 e. The zero-order valence-electron chi connectivity index (χ0n) is 22.7. The lowest BCUT2D eigenvalue weighted by atomic mass is 10.2. The van der Waals surface area contributed by atoms with Gasteiger partial charge in [0.1, 0.15) is 0 Å². The molecule has 0 radical (unpaired) electrons. The van der Waals surface area contributed by atoms with Crippen LogP contribution in [0.15, 0.2) is 12.2 Å². The fourth-order valence-electron chi connectivity index (χ4n) is 2.93. The molecule has 2 rings (SSSR count). The molecule has 2 fully saturated rings. The summed E-state index contributed by atoms with van der Waals surface area (Å²) in [5.74, 6) is 0.505. The topological polar surface area (TPSA) is 119 Å². The predicted octanol–water partition coefficient (Wildman–Crippen LogP) is 2.70. The zero-order chi connectivity index (χ0) is 27.2. The number of carbonyl (C=O) groups excluding carboxylic acids is 4. The van der Waals surface area contributed by atoms with Gasteiger partial charge in [-0.15, -0.1) is 6.58 Å². The average molecular weight is 533 g/mol. The quantitative estimate of drug-likeness (QED) is 0.487. The molecule has 2 aliphatic heterocycles. The number of morpholine rings is 1. The van der Waals surface area contributed by atoms with Crippen molar-refractivity contribution in [2.45, 2.75) is 75.2 Å². The number of amides is 4. The molecule has 0 bridgehead atoms. The van der Waals surface area contributed by atoms with Crippen molar-refractivity contribution in [1.82, 2.24) is 20.0 Å². The highest BCUT2D eigenvalue weighted by Crippen LogP contribution is 2.04. The van der Waals surface area contributed by atoms with Gasteiger partial charge in [-0.2, -0.15) is 0 Å². The number of hydrogen-bond donors (Lipinski definition) is 2. The van der Waals surface area contributed by atoms with E-state index in [-0.39, 0.29) is 39.2 Å². The standard InChI is InChI=1S/C7H15NO2.C7H13NO.C6H11NO2.C5H9NO.2CH4/c1-3-4-8(5-6-9)7(2)10;1-6(2)4-5-8-7(3)9;1-6(8)7-2-4-9-5-3-7;1-6-4-2-3-5(6)7;;/h9H,3-6H2,1-2H3;1,4-5H2,2-3H3,(H,8,9);2-5H2,1H3;2-4H2,1H3;2*1H4. The van der Waals surface area contributed by atoms with E-state index in [0.29, 0.717) is 32.2 Å². The first-order valence-corrected chi connectivity index (χ1v) is 12.3. The van der Waals surface area contributed by atoms with E-state index in [0.717, 1.165) is 57.4 Å². The van der Waals surface area contributed by atoms with E-state index in [1.165, 1.54) is 13.8 Å². The van der Waals surface area contributed by atoms with Crippen LogP contribution in [0.3, 0.4) is 0 Å². The summed E-state index contributed by atoms with van der Waals surface area (Å²) in [5.41, 5.74) is 1.10. The van der Waals surface area contributed by atoms with E-state index in [2.05, 4.69) is 11.9 Å². The van der Waals surface area contributed by atoms with Crippen molar-refractivity contribution in [1.29, 1.82) is 0 Å². The van der Waals surface area contributed by atoms with Gasteiger partial charge in [0.2, 0.25) is 23.6 Å². The molecule has 2 N–H and O–H groups in total. The summed E-state index contributed by atoms with van der Waals surface area (Å²) >= 11 is 0. The summed E-state index contributed by atoms with van der Waals surface area (Å²) in [5, 5.41) is 11.2. The van der Waals surface area contributed by atoms with Crippen molar-refractivity contribution < 1.29 is 29.0 Å². The molecule has 0 spiro atoms. The first-order valence-electron chi connectivity index (χ1n) is 12.3. The molecule has 2 aliphatic rings. The number of aliphatic hydroxyl groups is 1. The Balaban J connectivity index is -0.000000194. The van der Waals surface area contributed by atoms with E-state index in [1.54, 1.807) is 21.6 Å². The monoisotopic (exact) mass is 532 g/mol. The Morgan fingerprint density at radius 1 is 1.05 bits per heavy atom. The Bertz CT molecular complexity index is 616. The fraction of sp³-hybridized carbons (Fsp3) is 0.778. The maximum atomic E-state index is 10.7. The molecule has 0 atom stereocenters. The van der Waals surface area contributed by atoms with Gasteiger partial charge in [-0.3, -0.25) is 19.2 Å². The molecule has 10 heteroatoms. The predicted molar refractivity (Wildman–Crippen MR) is 151 cm³/mol. The SMILES string of the molecule is C.C.C=C(C)CCNC(C)=O.CC(=O)N1CCOCC1.CCCN(CCO)C(C)=O.CN1CCCC1=O. The number of carbonyl (C=O) groups is 4. The van der Waals surface area contributed by atoms with Crippen molar-refractivity contribution in [3.63, 3.8) is 0 Å². The Morgan fingerprint density at radius 3 is 1.89 bits per heavy atom. The molecule has 0 aromatic rings. The summed E-state index contributed by atoms with van der Waals surface area (Å²) in [6.45, 7) is 18.1. The minimum Gasteiger partial charge on any atom is -0.395 e. The summed E-state index contributed by atoms with van der Waals surface area (Å²) in [7, 11) is 1.84. The van der Waals surface area contributed by atoms with Crippen LogP contribution >= 0.6 is 0 Å². The third kappa shape index (κ3) is 26.4. The molecular weight excluding hydrogens is 476 g/mol. The second-order valence-corrected chi connectivity index (χ2v) is 8.46. The van der Waals surface area contributed by atoms with Crippen LogP contribution in [0.4, 0.5) is 0 Å². The van der Waals surface area contributed by atoms with Crippen molar-refractivity contribution >= 4 is 23.6 Å². The van der Waals surface area contributed by atoms with Crippen LogP contribution in [0.1, 0.15) is 75.2 Å². The Morgan fingerprint density at radius 2 is 1.62 bits per heavy atom. The van der Waals surface area contributed by atoms with Crippen molar-refractivity contribution in [3.05, 3.63) is 12.2 Å². The van der Waals surface area contributed by atoms with Crippen LogP contribution in [-0.4, -0.2) is 110 Å². The minimum absolute atomic E-state index is 0. The fourth-order valence-corrected chi connectivity index (χ4v) is 2.93. The van der Waals surface area contributed by atoms with Gasteiger partial charge in [0.05, 0.1) is 19.8 Å². The molecule has 2 heterocycles. The van der Waals surface area contributed by atoms with E-state index >= 15 is 0 Å². The van der Waals surface area contributed by atoms with Crippen LogP contribution in [0.2, 0.25) is 0 Å². The average Bonchev–Trinajstić information content (AvgIpc) is 3.17. The molecule has 0 saturated carbocycles. The molecule has 0 unspecified atom stereocenters. The highest BCUT2D eigenvalue weighted by Gasteiger charge is 2.14. The number of nitrogens with one attached hydrogen (secondary N) is 1. The van der Waals surface area contributed by atoms with E-state index in [1.807, 2.05) is 20.9 Å². The van der Waals surface area contributed by atoms with Gasteiger partial charge in [0, 0.05) is 73.5 Å². The lowest BCUT2D eigenvalue weighted by Crippen LogP contribution is -2.39. The smallest absolute Gasteiger partial charge is 0.222 e. The van der Waals surface area contributed by atoms with E-state index < -0.39 is 0 Å². The lowest BCUT2D eigenvalue weighted by Gasteiger charge is -2.25. The van der Waals surface area contributed by atoms with Crippen molar-refractivity contribution in [3.8, 4) is 0 Å². The van der Waals surface area contributed by atoms with Gasteiger partial charge in [0.25, 0.3) is 0 Å². The van der Waals surface area contributed by atoms with Crippen molar-refractivity contribution in [2.75, 3.05) is 66.1 Å². The molecule has 220 valence electrons. The third-order valence-corrected chi connectivity index (χ3v) is 5.00.